The van der Waals surface area contributed by atoms with E-state index in [0.717, 1.165) is 34.8 Å². The lowest BCUT2D eigenvalue weighted by molar-refractivity contribution is -0.276. The summed E-state index contributed by atoms with van der Waals surface area (Å²) in [5.41, 5.74) is -1.23. The minimum atomic E-state index is -1.67. The van der Waals surface area contributed by atoms with Crippen molar-refractivity contribution in [3.05, 3.63) is 52.8 Å². The Morgan fingerprint density at radius 2 is 1.38 bits per heavy atom. The van der Waals surface area contributed by atoms with Crippen LogP contribution in [0.1, 0.15) is 60.4 Å². The molecule has 1 fully saturated rings. The van der Waals surface area contributed by atoms with Crippen molar-refractivity contribution in [3.8, 4) is 0 Å². The molecule has 47 heavy (non-hydrogen) atoms. The monoisotopic (exact) mass is 662 g/mol. The average molecular weight is 663 g/mol. The highest BCUT2D eigenvalue weighted by Crippen LogP contribution is 2.47. The molecule has 1 aromatic carbocycles. The number of esters is 6. The van der Waals surface area contributed by atoms with Crippen LogP contribution >= 0.6 is 0 Å². The molecule has 0 N–H and O–H groups in total. The molecule has 0 aromatic heterocycles. The highest BCUT2D eigenvalue weighted by molar-refractivity contribution is 6.00. The van der Waals surface area contributed by atoms with E-state index in [1.807, 2.05) is 0 Å². The van der Waals surface area contributed by atoms with Crippen molar-refractivity contribution in [3.63, 3.8) is 0 Å². The van der Waals surface area contributed by atoms with Crippen LogP contribution < -0.4 is 0 Å². The molecule has 1 unspecified atom stereocenters. The maximum Gasteiger partial charge on any atom is 0.338 e. The first kappa shape index (κ1) is 36.7. The van der Waals surface area contributed by atoms with E-state index >= 15 is 0 Å². The summed E-state index contributed by atoms with van der Waals surface area (Å²) in [5, 5.41) is 0. The van der Waals surface area contributed by atoms with E-state index in [-0.39, 0.29) is 28.7 Å². The largest absolute Gasteiger partial charge is 0.497 e. The molecule has 0 bridgehead atoms. The second-order valence-corrected chi connectivity index (χ2v) is 10.5. The molecule has 2 aliphatic rings. The van der Waals surface area contributed by atoms with Gasteiger partial charge in [0.15, 0.2) is 18.3 Å². The van der Waals surface area contributed by atoms with Crippen LogP contribution in [0.25, 0.3) is 5.57 Å². The Bertz CT molecular complexity index is 1460. The van der Waals surface area contributed by atoms with Crippen LogP contribution in [-0.2, 0) is 61.8 Å². The van der Waals surface area contributed by atoms with E-state index in [1.165, 1.54) is 39.5 Å². The molecule has 1 aromatic rings. The highest BCUT2D eigenvalue weighted by Gasteiger charge is 2.60. The molecule has 6 atom stereocenters. The number of hydrogen-bond acceptors (Lipinski definition) is 15. The van der Waals surface area contributed by atoms with E-state index in [2.05, 4.69) is 0 Å². The molecule has 1 saturated heterocycles. The Hall–Kier alpha value is -4.76. The van der Waals surface area contributed by atoms with Gasteiger partial charge >= 0.3 is 35.8 Å². The van der Waals surface area contributed by atoms with E-state index in [1.54, 1.807) is 12.2 Å². The normalized spacial score (nSPS) is 25.2. The topological polar surface area (TPSA) is 185 Å². The zero-order valence-corrected chi connectivity index (χ0v) is 27.3. The molecule has 0 saturated carbocycles. The van der Waals surface area contributed by atoms with Crippen LogP contribution in [0.15, 0.2) is 36.1 Å². The van der Waals surface area contributed by atoms with Crippen molar-refractivity contribution < 1.29 is 71.4 Å². The summed E-state index contributed by atoms with van der Waals surface area (Å²) in [6.45, 7) is 4.04. The molecule has 0 radical (unpaired) electrons. The maximum atomic E-state index is 13.2. The number of hydrogen-bond donors (Lipinski definition) is 0. The van der Waals surface area contributed by atoms with Gasteiger partial charge in [0.1, 0.15) is 30.2 Å². The quantitative estimate of drug-likeness (QED) is 0.248. The van der Waals surface area contributed by atoms with Gasteiger partial charge in [-0.25, -0.2) is 9.59 Å². The molecule has 0 spiro atoms. The summed E-state index contributed by atoms with van der Waals surface area (Å²) >= 11 is 0. The minimum absolute atomic E-state index is 0.0361. The van der Waals surface area contributed by atoms with Crippen LogP contribution in [0.3, 0.4) is 0 Å². The molecule has 3 rings (SSSR count). The highest BCUT2D eigenvalue weighted by atomic mass is 16.7. The Balaban J connectivity index is 2.37. The third kappa shape index (κ3) is 8.16. The zero-order chi connectivity index (χ0) is 35.1. The third-order valence-corrected chi connectivity index (χ3v) is 7.54. The summed E-state index contributed by atoms with van der Waals surface area (Å²) in [6.07, 6.45) is -3.87. The predicted molar refractivity (Wildman–Crippen MR) is 159 cm³/mol. The lowest BCUT2D eigenvalue weighted by atomic mass is 9.72. The maximum absolute atomic E-state index is 13.2. The summed E-state index contributed by atoms with van der Waals surface area (Å²) in [7, 11) is 5.12. The molecular formula is C32H38O15. The summed E-state index contributed by atoms with van der Waals surface area (Å²) in [5.74, 6) is -4.26. The number of carbonyl (C=O) groups excluding carboxylic acids is 6. The molecule has 1 heterocycles. The van der Waals surface area contributed by atoms with Gasteiger partial charge in [-0.3, -0.25) is 19.2 Å². The van der Waals surface area contributed by atoms with Crippen LogP contribution in [-0.4, -0.2) is 107 Å². The molecule has 1 aliphatic heterocycles. The van der Waals surface area contributed by atoms with Crippen molar-refractivity contribution in [2.75, 3.05) is 35.0 Å². The standard InChI is InChI=1S/C32H38O15/c1-16(33)43-15-25-26(44-17(2)34)27(45-18(3)35)28(46-19(4)36)29(47-25)32(42-8)12-11-21(39-5)14-24(32)22-10-9-20(30(37)40-6)13-23(22)31(38)41-7/h9-11,13-14,25-29H,12,15H2,1-8H3/t25-,26+,27+,28-,29-,32?/m1/s1. The minimum Gasteiger partial charge on any atom is -0.497 e. The van der Waals surface area contributed by atoms with Crippen molar-refractivity contribution in [2.45, 2.75) is 70.2 Å². The number of rotatable bonds is 11. The molecule has 15 nitrogen and oxygen atoms in total. The first-order valence-corrected chi connectivity index (χ1v) is 14.4. The van der Waals surface area contributed by atoms with Crippen LogP contribution in [0.5, 0.6) is 0 Å². The Morgan fingerprint density at radius 3 is 1.91 bits per heavy atom. The van der Waals surface area contributed by atoms with Gasteiger partial charge in [0.25, 0.3) is 0 Å². The Kier molecular flexibility index (Phi) is 12.3. The van der Waals surface area contributed by atoms with E-state index in [0.29, 0.717) is 5.76 Å². The summed E-state index contributed by atoms with van der Waals surface area (Å²) < 4.78 is 50.2. The van der Waals surface area contributed by atoms with E-state index in [4.69, 9.17) is 42.6 Å². The number of benzene rings is 1. The fraction of sp³-hybridized carbons (Fsp3) is 0.500. The third-order valence-electron chi connectivity index (χ3n) is 7.54. The van der Waals surface area contributed by atoms with Crippen molar-refractivity contribution in [1.29, 1.82) is 0 Å². The van der Waals surface area contributed by atoms with Gasteiger partial charge in [-0.1, -0.05) is 6.07 Å². The van der Waals surface area contributed by atoms with E-state index < -0.39 is 78.5 Å². The van der Waals surface area contributed by atoms with Crippen LogP contribution in [0.4, 0.5) is 0 Å². The second kappa shape index (κ2) is 15.7. The lowest BCUT2D eigenvalue weighted by Crippen LogP contribution is -2.68. The SMILES string of the molecule is COC(=O)c1ccc(C2=CC(OC)=CCC2(OC)[C@@H]2O[C@H](COC(C)=O)[C@H](OC(C)=O)[C@H](OC(C)=O)[C@H]2OC(C)=O)c(C(=O)OC)c1. The number of carbonyl (C=O) groups is 6. The van der Waals surface area contributed by atoms with Crippen molar-refractivity contribution in [1.82, 2.24) is 0 Å². The first-order chi connectivity index (χ1) is 22.2. The van der Waals surface area contributed by atoms with Gasteiger partial charge in [-0.15, -0.1) is 0 Å². The second-order valence-electron chi connectivity index (χ2n) is 10.5. The van der Waals surface area contributed by atoms with Crippen molar-refractivity contribution >= 4 is 41.4 Å². The Morgan fingerprint density at radius 1 is 0.787 bits per heavy atom. The molecule has 1 aliphatic carbocycles. The smallest absolute Gasteiger partial charge is 0.338 e. The lowest BCUT2D eigenvalue weighted by Gasteiger charge is -2.52. The van der Waals surface area contributed by atoms with E-state index in [9.17, 15) is 28.8 Å². The van der Waals surface area contributed by atoms with Crippen molar-refractivity contribution in [2.24, 2.45) is 0 Å². The molecule has 15 heteroatoms. The molecule has 256 valence electrons. The summed E-state index contributed by atoms with van der Waals surface area (Å²) in [4.78, 5) is 74.6. The summed E-state index contributed by atoms with van der Waals surface area (Å²) in [6, 6.07) is 4.18. The van der Waals surface area contributed by atoms with Gasteiger partial charge in [0.05, 0.1) is 32.5 Å². The first-order valence-electron chi connectivity index (χ1n) is 14.4. The van der Waals surface area contributed by atoms with Gasteiger partial charge in [-0.2, -0.15) is 0 Å². The Labute approximate surface area is 271 Å². The van der Waals surface area contributed by atoms with Gasteiger partial charge in [-0.05, 0) is 35.4 Å². The van der Waals surface area contributed by atoms with Crippen LogP contribution in [0, 0.1) is 0 Å². The number of ether oxygens (including phenoxy) is 9. The number of methoxy groups -OCH3 is 4. The van der Waals surface area contributed by atoms with Gasteiger partial charge < -0.3 is 42.6 Å². The van der Waals surface area contributed by atoms with Gasteiger partial charge in [0, 0.05) is 41.2 Å². The molecular weight excluding hydrogens is 624 g/mol. The molecule has 0 amide bonds. The predicted octanol–water partition coefficient (Wildman–Crippen LogP) is 2.09. The number of allylic oxidation sites excluding steroid dienone is 1. The van der Waals surface area contributed by atoms with Gasteiger partial charge in [0.2, 0.25) is 0 Å². The average Bonchev–Trinajstić information content (AvgIpc) is 3.03. The fourth-order valence-electron chi connectivity index (χ4n) is 5.62. The van der Waals surface area contributed by atoms with Crippen LogP contribution in [0.2, 0.25) is 0 Å². The zero-order valence-electron chi connectivity index (χ0n) is 27.3. The fourth-order valence-corrected chi connectivity index (χ4v) is 5.62.